The summed E-state index contributed by atoms with van der Waals surface area (Å²) >= 11 is 0. The number of rotatable bonds is 9. The van der Waals surface area contributed by atoms with Gasteiger partial charge in [0.05, 0.1) is 17.6 Å². The van der Waals surface area contributed by atoms with Crippen molar-refractivity contribution in [3.63, 3.8) is 0 Å². The van der Waals surface area contributed by atoms with Crippen molar-refractivity contribution in [1.82, 2.24) is 4.72 Å². The number of nitro groups is 1. The Kier molecular flexibility index (Phi) is 8.06. The van der Waals surface area contributed by atoms with Crippen molar-refractivity contribution in [1.29, 1.82) is 0 Å². The maximum atomic E-state index is 13.4. The number of sulfonamides is 1. The Balaban J connectivity index is 2.19. The van der Waals surface area contributed by atoms with Gasteiger partial charge in [-0.3, -0.25) is 14.9 Å². The zero-order valence-electron chi connectivity index (χ0n) is 18.1. The molecule has 1 amide bonds. The predicted octanol–water partition coefficient (Wildman–Crippen LogP) is 2.61. The van der Waals surface area contributed by atoms with Crippen LogP contribution in [-0.4, -0.2) is 44.5 Å². The van der Waals surface area contributed by atoms with Gasteiger partial charge in [-0.05, 0) is 51.1 Å². The van der Waals surface area contributed by atoms with Crippen molar-refractivity contribution >= 4 is 33.3 Å². The van der Waals surface area contributed by atoms with Gasteiger partial charge in [-0.2, -0.15) is 4.39 Å². The quantitative estimate of drug-likeness (QED) is 0.313. The van der Waals surface area contributed by atoms with Crippen LogP contribution in [-0.2, 0) is 19.6 Å². The van der Waals surface area contributed by atoms with Crippen molar-refractivity contribution in [3.8, 4) is 5.75 Å². The SMILES string of the molecule is COc1ccc(C(=O)OC(C)C(=O)Nc2ccc(F)c([N+](=O)[O-])c2)cc1S(=O)(=O)NC(C)C. The van der Waals surface area contributed by atoms with E-state index < -0.39 is 50.5 Å². The number of nitrogens with zero attached hydrogens (tertiary/aromatic N) is 1. The van der Waals surface area contributed by atoms with E-state index in [1.165, 1.54) is 26.2 Å². The molecule has 0 aromatic heterocycles. The van der Waals surface area contributed by atoms with E-state index in [4.69, 9.17) is 9.47 Å². The second kappa shape index (κ2) is 10.4. The van der Waals surface area contributed by atoms with E-state index in [-0.39, 0.29) is 21.9 Å². The highest BCUT2D eigenvalue weighted by Gasteiger charge is 2.25. The minimum Gasteiger partial charge on any atom is -0.495 e. The molecule has 2 rings (SSSR count). The van der Waals surface area contributed by atoms with Gasteiger partial charge in [0, 0.05) is 17.8 Å². The highest BCUT2D eigenvalue weighted by Crippen LogP contribution is 2.26. The maximum Gasteiger partial charge on any atom is 0.338 e. The lowest BCUT2D eigenvalue weighted by Crippen LogP contribution is -2.31. The Morgan fingerprint density at radius 2 is 1.79 bits per heavy atom. The predicted molar refractivity (Wildman–Crippen MR) is 115 cm³/mol. The van der Waals surface area contributed by atoms with Gasteiger partial charge in [0.2, 0.25) is 15.8 Å². The Hall–Kier alpha value is -3.58. The monoisotopic (exact) mass is 483 g/mol. The number of hydrogen-bond acceptors (Lipinski definition) is 8. The van der Waals surface area contributed by atoms with Crippen LogP contribution in [0.15, 0.2) is 41.3 Å². The first kappa shape index (κ1) is 25.7. The van der Waals surface area contributed by atoms with Gasteiger partial charge in [0.1, 0.15) is 10.6 Å². The van der Waals surface area contributed by atoms with Crippen molar-refractivity contribution in [2.24, 2.45) is 0 Å². The summed E-state index contributed by atoms with van der Waals surface area (Å²) in [5.74, 6) is -2.91. The van der Waals surface area contributed by atoms with Gasteiger partial charge in [-0.15, -0.1) is 0 Å². The summed E-state index contributed by atoms with van der Waals surface area (Å²) in [6, 6.07) is 5.93. The first-order valence-corrected chi connectivity index (χ1v) is 11.0. The number of carbonyl (C=O) groups excluding carboxylic acids is 2. The van der Waals surface area contributed by atoms with Crippen molar-refractivity contribution in [2.75, 3.05) is 12.4 Å². The van der Waals surface area contributed by atoms with E-state index in [0.717, 1.165) is 24.3 Å². The number of methoxy groups -OCH3 is 1. The Bertz CT molecular complexity index is 1180. The van der Waals surface area contributed by atoms with Gasteiger partial charge in [-0.1, -0.05) is 0 Å². The molecule has 1 unspecified atom stereocenters. The number of hydrogen-bond donors (Lipinski definition) is 2. The van der Waals surface area contributed by atoms with Gasteiger partial charge >= 0.3 is 11.7 Å². The molecule has 0 heterocycles. The van der Waals surface area contributed by atoms with Gasteiger partial charge < -0.3 is 14.8 Å². The number of nitro benzene ring substituents is 1. The Labute approximate surface area is 189 Å². The Morgan fingerprint density at radius 1 is 1.12 bits per heavy atom. The standard InChI is InChI=1S/C20H22FN3O8S/c1-11(2)23-33(29,30)18-9-13(5-8-17(18)31-4)20(26)32-12(3)19(25)22-14-6-7-15(21)16(10-14)24(27)28/h5-12,23H,1-4H3,(H,22,25). The summed E-state index contributed by atoms with van der Waals surface area (Å²) in [7, 11) is -2.73. The van der Waals surface area contributed by atoms with Crippen LogP contribution in [0, 0.1) is 15.9 Å². The number of nitrogens with one attached hydrogen (secondary N) is 2. The molecule has 0 aliphatic carbocycles. The van der Waals surface area contributed by atoms with Crippen LogP contribution in [0.5, 0.6) is 5.75 Å². The molecular formula is C20H22FN3O8S. The largest absolute Gasteiger partial charge is 0.495 e. The number of ether oxygens (including phenoxy) is 2. The average molecular weight is 483 g/mol. The Morgan fingerprint density at radius 3 is 2.36 bits per heavy atom. The minimum absolute atomic E-state index is 0.00314. The second-order valence-electron chi connectivity index (χ2n) is 7.10. The van der Waals surface area contributed by atoms with Crippen molar-refractivity contribution in [3.05, 3.63) is 57.9 Å². The summed E-state index contributed by atoms with van der Waals surface area (Å²) < 4.78 is 51.1. The third kappa shape index (κ3) is 6.46. The van der Waals surface area contributed by atoms with Crippen LogP contribution in [0.25, 0.3) is 0 Å². The highest BCUT2D eigenvalue weighted by molar-refractivity contribution is 7.89. The molecular weight excluding hydrogens is 461 g/mol. The zero-order valence-corrected chi connectivity index (χ0v) is 18.9. The van der Waals surface area contributed by atoms with Crippen LogP contribution < -0.4 is 14.8 Å². The number of esters is 1. The van der Waals surface area contributed by atoms with E-state index in [1.54, 1.807) is 13.8 Å². The zero-order chi connectivity index (χ0) is 24.9. The first-order valence-electron chi connectivity index (χ1n) is 9.52. The van der Waals surface area contributed by atoms with E-state index in [1.807, 2.05) is 0 Å². The van der Waals surface area contributed by atoms with E-state index in [2.05, 4.69) is 10.0 Å². The third-order valence-electron chi connectivity index (χ3n) is 4.14. The maximum absolute atomic E-state index is 13.4. The molecule has 11 nitrogen and oxygen atoms in total. The molecule has 0 saturated heterocycles. The molecule has 0 radical (unpaired) electrons. The molecule has 0 spiro atoms. The van der Waals surface area contributed by atoms with E-state index >= 15 is 0 Å². The lowest BCUT2D eigenvalue weighted by Gasteiger charge is -2.16. The van der Waals surface area contributed by atoms with Gasteiger partial charge in [0.15, 0.2) is 6.10 Å². The molecule has 33 heavy (non-hydrogen) atoms. The van der Waals surface area contributed by atoms with E-state index in [0.29, 0.717) is 0 Å². The van der Waals surface area contributed by atoms with Crippen LogP contribution in [0.2, 0.25) is 0 Å². The lowest BCUT2D eigenvalue weighted by atomic mass is 10.2. The normalized spacial score (nSPS) is 12.2. The summed E-state index contributed by atoms with van der Waals surface area (Å²) in [5.41, 5.74) is -1.06. The molecule has 0 bridgehead atoms. The smallest absolute Gasteiger partial charge is 0.338 e. The van der Waals surface area contributed by atoms with Crippen LogP contribution in [0.4, 0.5) is 15.8 Å². The molecule has 0 aliphatic heterocycles. The topological polar surface area (TPSA) is 154 Å². The molecule has 0 saturated carbocycles. The van der Waals surface area contributed by atoms with E-state index in [9.17, 15) is 32.5 Å². The molecule has 178 valence electrons. The summed E-state index contributed by atoms with van der Waals surface area (Å²) in [6.07, 6.45) is -1.36. The molecule has 2 aromatic carbocycles. The van der Waals surface area contributed by atoms with Crippen LogP contribution in [0.1, 0.15) is 31.1 Å². The van der Waals surface area contributed by atoms with Crippen molar-refractivity contribution < 1.29 is 36.8 Å². The minimum atomic E-state index is -4.01. The molecule has 2 N–H and O–H groups in total. The summed E-state index contributed by atoms with van der Waals surface area (Å²) in [4.78, 5) is 34.4. The molecule has 0 aliphatic rings. The second-order valence-corrected chi connectivity index (χ2v) is 8.78. The number of carbonyl (C=O) groups is 2. The molecule has 0 fully saturated rings. The number of halogens is 1. The fourth-order valence-corrected chi connectivity index (χ4v) is 4.09. The first-order chi connectivity index (χ1) is 15.4. The van der Waals surface area contributed by atoms with Gasteiger partial charge in [-0.25, -0.2) is 17.9 Å². The summed E-state index contributed by atoms with van der Waals surface area (Å²) in [5, 5.41) is 13.1. The lowest BCUT2D eigenvalue weighted by molar-refractivity contribution is -0.387. The fraction of sp³-hybridized carbons (Fsp3) is 0.300. The van der Waals surface area contributed by atoms with Crippen LogP contribution >= 0.6 is 0 Å². The van der Waals surface area contributed by atoms with Crippen LogP contribution in [0.3, 0.4) is 0 Å². The molecule has 13 heteroatoms. The third-order valence-corrected chi connectivity index (χ3v) is 5.82. The highest BCUT2D eigenvalue weighted by atomic mass is 32.2. The van der Waals surface area contributed by atoms with Gasteiger partial charge in [0.25, 0.3) is 5.91 Å². The number of amides is 1. The summed E-state index contributed by atoms with van der Waals surface area (Å²) in [6.45, 7) is 4.49. The van der Waals surface area contributed by atoms with Crippen molar-refractivity contribution in [2.45, 2.75) is 37.8 Å². The number of benzene rings is 2. The average Bonchev–Trinajstić information content (AvgIpc) is 2.73. The number of anilines is 1. The molecule has 2 aromatic rings. The molecule has 1 atom stereocenters. The fourth-order valence-electron chi connectivity index (χ4n) is 2.64.